The number of nitrogens with zero attached hydrogens (tertiary/aromatic N) is 1. The molecule has 0 atom stereocenters. The molecule has 0 bridgehead atoms. The maximum absolute atomic E-state index is 12.4. The second-order valence-corrected chi connectivity index (χ2v) is 6.05. The summed E-state index contributed by atoms with van der Waals surface area (Å²) in [6, 6.07) is 16.5. The van der Waals surface area contributed by atoms with E-state index in [0.29, 0.717) is 21.7 Å². The van der Waals surface area contributed by atoms with Crippen molar-refractivity contribution < 1.29 is 14.3 Å². The van der Waals surface area contributed by atoms with Gasteiger partial charge in [0.2, 0.25) is 0 Å². The molecule has 2 aromatic rings. The van der Waals surface area contributed by atoms with Crippen molar-refractivity contribution in [3.63, 3.8) is 0 Å². The highest BCUT2D eigenvalue weighted by molar-refractivity contribution is 9.12. The normalized spacial score (nSPS) is 11.5. The Morgan fingerprint density at radius 2 is 1.81 bits per heavy atom. The lowest BCUT2D eigenvalue weighted by Crippen LogP contribution is -2.13. The number of carbonyl (C=O) groups is 1. The standard InChI is InChI=1S/C20H17BrN2O3/c1-25-18-9-8-17(12-19(18)26-2)23-20(24)15(13-22)11-16(21)10-14-6-4-3-5-7-14/h3-12H,1-2H3,(H,23,24)/b15-11+,16-10-. The molecule has 0 saturated carbocycles. The van der Waals surface area contributed by atoms with Crippen LogP contribution < -0.4 is 14.8 Å². The molecule has 26 heavy (non-hydrogen) atoms. The summed E-state index contributed by atoms with van der Waals surface area (Å²) in [6.07, 6.45) is 3.30. The molecule has 2 rings (SSSR count). The maximum atomic E-state index is 12.4. The number of benzene rings is 2. The van der Waals surface area contributed by atoms with E-state index in [0.717, 1.165) is 5.56 Å². The molecule has 0 fully saturated rings. The zero-order valence-electron chi connectivity index (χ0n) is 14.3. The van der Waals surface area contributed by atoms with Crippen LogP contribution in [-0.2, 0) is 4.79 Å². The van der Waals surface area contributed by atoms with Gasteiger partial charge in [0.25, 0.3) is 5.91 Å². The number of carbonyl (C=O) groups excluding carboxylic acids is 1. The number of halogens is 1. The smallest absolute Gasteiger partial charge is 0.266 e. The highest BCUT2D eigenvalue weighted by Gasteiger charge is 2.12. The van der Waals surface area contributed by atoms with Crippen molar-refractivity contribution in [2.45, 2.75) is 0 Å². The molecule has 0 aliphatic rings. The summed E-state index contributed by atoms with van der Waals surface area (Å²) in [5.41, 5.74) is 1.42. The number of ether oxygens (including phenoxy) is 2. The summed E-state index contributed by atoms with van der Waals surface area (Å²) in [7, 11) is 3.04. The van der Waals surface area contributed by atoms with Gasteiger partial charge < -0.3 is 14.8 Å². The molecule has 0 radical (unpaired) electrons. The van der Waals surface area contributed by atoms with E-state index < -0.39 is 5.91 Å². The molecule has 5 nitrogen and oxygen atoms in total. The van der Waals surface area contributed by atoms with Crippen molar-refractivity contribution in [2.24, 2.45) is 0 Å². The van der Waals surface area contributed by atoms with E-state index in [4.69, 9.17) is 9.47 Å². The third kappa shape index (κ3) is 5.23. The number of rotatable bonds is 6. The van der Waals surface area contributed by atoms with E-state index in [-0.39, 0.29) is 5.57 Å². The van der Waals surface area contributed by atoms with E-state index in [1.54, 1.807) is 18.2 Å². The van der Waals surface area contributed by atoms with E-state index in [2.05, 4.69) is 21.2 Å². The van der Waals surface area contributed by atoms with Gasteiger partial charge in [0.05, 0.1) is 14.2 Å². The molecule has 0 heterocycles. The fourth-order valence-corrected chi connectivity index (χ4v) is 2.64. The molecular formula is C20H17BrN2O3. The number of amides is 1. The van der Waals surface area contributed by atoms with Gasteiger partial charge in [0.1, 0.15) is 11.6 Å². The number of anilines is 1. The summed E-state index contributed by atoms with van der Waals surface area (Å²) >= 11 is 3.37. The Bertz CT molecular complexity index is 884. The molecule has 132 valence electrons. The van der Waals surface area contributed by atoms with E-state index >= 15 is 0 Å². The number of nitrogens with one attached hydrogen (secondary N) is 1. The summed E-state index contributed by atoms with van der Waals surface area (Å²) < 4.78 is 11.0. The Labute approximate surface area is 160 Å². The van der Waals surface area contributed by atoms with Crippen LogP contribution in [0.25, 0.3) is 6.08 Å². The van der Waals surface area contributed by atoms with Gasteiger partial charge >= 0.3 is 0 Å². The first-order valence-corrected chi connectivity index (χ1v) is 8.44. The van der Waals surface area contributed by atoms with Gasteiger partial charge in [-0.15, -0.1) is 0 Å². The molecule has 1 N–H and O–H groups in total. The van der Waals surface area contributed by atoms with Crippen LogP contribution in [0.2, 0.25) is 0 Å². The van der Waals surface area contributed by atoms with Gasteiger partial charge in [-0.2, -0.15) is 5.26 Å². The first-order valence-electron chi connectivity index (χ1n) is 7.64. The summed E-state index contributed by atoms with van der Waals surface area (Å²) in [5.74, 6) is 0.520. The van der Waals surface area contributed by atoms with Crippen LogP contribution in [0.3, 0.4) is 0 Å². The van der Waals surface area contributed by atoms with Gasteiger partial charge in [-0.05, 0) is 29.8 Å². The molecular weight excluding hydrogens is 396 g/mol. The summed E-state index contributed by atoms with van der Waals surface area (Å²) in [5, 5.41) is 12.0. The molecule has 1 amide bonds. The predicted molar refractivity (Wildman–Crippen MR) is 105 cm³/mol. The van der Waals surface area contributed by atoms with Crippen LogP contribution in [0.1, 0.15) is 5.56 Å². The lowest BCUT2D eigenvalue weighted by Gasteiger charge is -2.10. The van der Waals surface area contributed by atoms with E-state index in [1.165, 1.54) is 20.3 Å². The van der Waals surface area contributed by atoms with E-state index in [1.807, 2.05) is 42.5 Å². The Kier molecular flexibility index (Phi) is 7.01. The predicted octanol–water partition coefficient (Wildman–Crippen LogP) is 4.53. The van der Waals surface area contributed by atoms with Gasteiger partial charge in [-0.3, -0.25) is 4.79 Å². The summed E-state index contributed by atoms with van der Waals surface area (Å²) in [6.45, 7) is 0. The van der Waals surface area contributed by atoms with Crippen LogP contribution in [0.5, 0.6) is 11.5 Å². The number of hydrogen-bond acceptors (Lipinski definition) is 4. The van der Waals surface area contributed by atoms with Gasteiger partial charge in [-0.1, -0.05) is 46.3 Å². The molecule has 0 spiro atoms. The first kappa shape index (κ1) is 19.3. The van der Waals surface area contributed by atoms with Crippen LogP contribution in [0, 0.1) is 11.3 Å². The lowest BCUT2D eigenvalue weighted by atomic mass is 10.2. The van der Waals surface area contributed by atoms with Crippen LogP contribution in [-0.4, -0.2) is 20.1 Å². The highest BCUT2D eigenvalue weighted by Crippen LogP contribution is 2.30. The zero-order valence-corrected chi connectivity index (χ0v) is 15.9. The minimum absolute atomic E-state index is 0.0289. The van der Waals surface area contributed by atoms with Gasteiger partial charge in [-0.25, -0.2) is 0 Å². The number of nitriles is 1. The average molecular weight is 413 g/mol. The first-order chi connectivity index (χ1) is 12.6. The monoisotopic (exact) mass is 412 g/mol. The minimum atomic E-state index is -0.516. The summed E-state index contributed by atoms with van der Waals surface area (Å²) in [4.78, 5) is 12.4. The van der Waals surface area contributed by atoms with Crippen LogP contribution in [0.15, 0.2) is 64.7 Å². The molecule has 0 saturated heterocycles. The van der Waals surface area contributed by atoms with E-state index in [9.17, 15) is 10.1 Å². The molecule has 6 heteroatoms. The van der Waals surface area contributed by atoms with Crippen molar-refractivity contribution in [3.8, 4) is 17.6 Å². The van der Waals surface area contributed by atoms with Crippen LogP contribution >= 0.6 is 15.9 Å². The molecule has 0 unspecified atom stereocenters. The average Bonchev–Trinajstić information content (AvgIpc) is 2.66. The number of allylic oxidation sites excluding steroid dienone is 2. The zero-order chi connectivity index (χ0) is 18.9. The third-order valence-electron chi connectivity index (χ3n) is 3.39. The Balaban J connectivity index is 2.18. The molecule has 0 aliphatic carbocycles. The fraction of sp³-hybridized carbons (Fsp3) is 0.100. The van der Waals surface area contributed by atoms with Crippen molar-refractivity contribution >= 4 is 33.6 Å². The largest absolute Gasteiger partial charge is 0.493 e. The Morgan fingerprint density at radius 1 is 1.12 bits per heavy atom. The molecule has 0 aromatic heterocycles. The Morgan fingerprint density at radius 3 is 2.42 bits per heavy atom. The van der Waals surface area contributed by atoms with Crippen molar-refractivity contribution in [1.82, 2.24) is 0 Å². The molecule has 2 aromatic carbocycles. The SMILES string of the molecule is COc1ccc(NC(=O)/C(C#N)=C/C(Br)=C/c2ccccc2)cc1OC. The van der Waals surface area contributed by atoms with Crippen molar-refractivity contribution in [1.29, 1.82) is 5.26 Å². The number of hydrogen-bond donors (Lipinski definition) is 1. The fourth-order valence-electron chi connectivity index (χ4n) is 2.15. The Hall–Kier alpha value is -3.04. The number of methoxy groups -OCH3 is 2. The van der Waals surface area contributed by atoms with Crippen molar-refractivity contribution in [2.75, 3.05) is 19.5 Å². The van der Waals surface area contributed by atoms with Crippen LogP contribution in [0.4, 0.5) is 5.69 Å². The highest BCUT2D eigenvalue weighted by atomic mass is 79.9. The quantitative estimate of drug-likeness (QED) is 0.429. The third-order valence-corrected chi connectivity index (χ3v) is 3.85. The van der Waals surface area contributed by atoms with Crippen molar-refractivity contribution in [3.05, 3.63) is 70.2 Å². The topological polar surface area (TPSA) is 71.3 Å². The second kappa shape index (κ2) is 9.44. The van der Waals surface area contributed by atoms with Gasteiger partial charge in [0, 0.05) is 16.2 Å². The second-order valence-electron chi connectivity index (χ2n) is 5.13. The maximum Gasteiger partial charge on any atom is 0.266 e. The van der Waals surface area contributed by atoms with Gasteiger partial charge in [0.15, 0.2) is 11.5 Å². The minimum Gasteiger partial charge on any atom is -0.493 e. The molecule has 0 aliphatic heterocycles. The lowest BCUT2D eigenvalue weighted by molar-refractivity contribution is -0.112.